The lowest BCUT2D eigenvalue weighted by molar-refractivity contribution is 0.00629. The fourth-order valence-corrected chi connectivity index (χ4v) is 3.41. The summed E-state index contributed by atoms with van der Waals surface area (Å²) in [5, 5.41) is 20.9. The molecule has 2 rings (SSSR count). The van der Waals surface area contributed by atoms with E-state index in [1.165, 1.54) is 0 Å². The van der Waals surface area contributed by atoms with E-state index in [4.69, 9.17) is 0 Å². The van der Waals surface area contributed by atoms with Crippen molar-refractivity contribution in [3.05, 3.63) is 0 Å². The molecule has 18 heavy (non-hydrogen) atoms. The van der Waals surface area contributed by atoms with Gasteiger partial charge >= 0.3 is 0 Å². The number of hydrogen-bond donors (Lipinski definition) is 2. The molecular formula is C16H26O2. The van der Waals surface area contributed by atoms with Crippen LogP contribution in [0.3, 0.4) is 0 Å². The van der Waals surface area contributed by atoms with Gasteiger partial charge in [0.15, 0.2) is 0 Å². The molecule has 102 valence electrons. The van der Waals surface area contributed by atoms with Gasteiger partial charge in [-0.05, 0) is 44.9 Å². The van der Waals surface area contributed by atoms with Gasteiger partial charge in [0.25, 0.3) is 0 Å². The Morgan fingerprint density at radius 1 is 1.00 bits per heavy atom. The van der Waals surface area contributed by atoms with Gasteiger partial charge in [-0.15, -0.1) is 0 Å². The molecule has 0 aromatic rings. The Labute approximate surface area is 111 Å². The molecular weight excluding hydrogens is 224 g/mol. The Balaban J connectivity index is 2.08. The molecule has 0 heterocycles. The zero-order valence-corrected chi connectivity index (χ0v) is 11.5. The largest absolute Gasteiger partial charge is 0.389 e. The maximum atomic E-state index is 10.7. The van der Waals surface area contributed by atoms with Gasteiger partial charge in [0, 0.05) is 5.92 Å². The standard InChI is InChI=1S/C16H26O2/c1-2-7-14(16(18)11-5-6-12-16)8-13-15(17)9-3-4-10-15/h14,17-18H,2-7,9-12H2,1H3. The highest BCUT2D eigenvalue weighted by Gasteiger charge is 2.38. The van der Waals surface area contributed by atoms with Crippen molar-refractivity contribution in [2.75, 3.05) is 0 Å². The molecule has 2 heteroatoms. The van der Waals surface area contributed by atoms with Crippen LogP contribution in [0.2, 0.25) is 0 Å². The summed E-state index contributed by atoms with van der Waals surface area (Å²) in [6.07, 6.45) is 9.73. The molecule has 1 unspecified atom stereocenters. The van der Waals surface area contributed by atoms with Gasteiger partial charge in [0.1, 0.15) is 5.60 Å². The van der Waals surface area contributed by atoms with Crippen LogP contribution in [0.4, 0.5) is 0 Å². The van der Waals surface area contributed by atoms with Gasteiger partial charge in [-0.25, -0.2) is 0 Å². The second-order valence-corrected chi connectivity index (χ2v) is 6.16. The van der Waals surface area contributed by atoms with Crippen molar-refractivity contribution >= 4 is 0 Å². The van der Waals surface area contributed by atoms with Crippen LogP contribution in [0.25, 0.3) is 0 Å². The van der Waals surface area contributed by atoms with Gasteiger partial charge in [-0.2, -0.15) is 0 Å². The summed E-state index contributed by atoms with van der Waals surface area (Å²) >= 11 is 0. The van der Waals surface area contributed by atoms with Gasteiger partial charge in [-0.3, -0.25) is 0 Å². The second-order valence-electron chi connectivity index (χ2n) is 6.16. The summed E-state index contributed by atoms with van der Waals surface area (Å²) in [6.45, 7) is 2.14. The monoisotopic (exact) mass is 250 g/mol. The third-order valence-corrected chi connectivity index (χ3v) is 4.61. The molecule has 2 saturated carbocycles. The molecule has 2 aliphatic rings. The first kappa shape index (κ1) is 13.9. The Kier molecular flexibility index (Phi) is 4.35. The third-order valence-electron chi connectivity index (χ3n) is 4.61. The lowest BCUT2D eigenvalue weighted by Crippen LogP contribution is -2.34. The van der Waals surface area contributed by atoms with Crippen LogP contribution in [-0.4, -0.2) is 21.4 Å². The van der Waals surface area contributed by atoms with Crippen LogP contribution in [-0.2, 0) is 0 Å². The van der Waals surface area contributed by atoms with Crippen LogP contribution in [0.15, 0.2) is 0 Å². The van der Waals surface area contributed by atoms with Gasteiger partial charge in [-0.1, -0.05) is 38.0 Å². The minimum atomic E-state index is -0.763. The smallest absolute Gasteiger partial charge is 0.125 e. The van der Waals surface area contributed by atoms with Crippen LogP contribution in [0.5, 0.6) is 0 Å². The Bertz CT molecular complexity index is 325. The predicted octanol–water partition coefficient (Wildman–Crippen LogP) is 3.02. The summed E-state index contributed by atoms with van der Waals surface area (Å²) in [5.74, 6) is 6.38. The Morgan fingerprint density at radius 2 is 1.56 bits per heavy atom. The summed E-state index contributed by atoms with van der Waals surface area (Å²) in [4.78, 5) is 0. The average Bonchev–Trinajstić information content (AvgIpc) is 2.95. The fraction of sp³-hybridized carbons (Fsp3) is 0.875. The maximum absolute atomic E-state index is 10.7. The molecule has 0 saturated heterocycles. The van der Waals surface area contributed by atoms with Crippen LogP contribution in [0.1, 0.15) is 71.1 Å². The Hall–Kier alpha value is -0.520. The molecule has 2 N–H and O–H groups in total. The van der Waals surface area contributed by atoms with E-state index in [1.54, 1.807) is 0 Å². The highest BCUT2D eigenvalue weighted by molar-refractivity contribution is 5.20. The van der Waals surface area contributed by atoms with Gasteiger partial charge in [0.2, 0.25) is 0 Å². The van der Waals surface area contributed by atoms with E-state index in [-0.39, 0.29) is 5.92 Å². The topological polar surface area (TPSA) is 40.5 Å². The maximum Gasteiger partial charge on any atom is 0.125 e. The first-order valence-electron chi connectivity index (χ1n) is 7.55. The van der Waals surface area contributed by atoms with Gasteiger partial charge in [0.05, 0.1) is 5.60 Å². The quantitative estimate of drug-likeness (QED) is 0.756. The highest BCUT2D eigenvalue weighted by atomic mass is 16.3. The van der Waals surface area contributed by atoms with E-state index in [9.17, 15) is 10.2 Å². The normalized spacial score (nSPS) is 26.6. The molecule has 0 radical (unpaired) electrons. The minimum Gasteiger partial charge on any atom is -0.389 e. The fourth-order valence-electron chi connectivity index (χ4n) is 3.41. The third kappa shape index (κ3) is 3.08. The second kappa shape index (κ2) is 5.63. The number of hydrogen-bond acceptors (Lipinski definition) is 2. The van der Waals surface area contributed by atoms with E-state index in [2.05, 4.69) is 18.8 Å². The van der Waals surface area contributed by atoms with Crippen molar-refractivity contribution in [2.24, 2.45) is 5.92 Å². The molecule has 0 spiro atoms. The highest BCUT2D eigenvalue weighted by Crippen LogP contribution is 2.38. The van der Waals surface area contributed by atoms with Crippen molar-refractivity contribution in [1.29, 1.82) is 0 Å². The van der Waals surface area contributed by atoms with E-state index >= 15 is 0 Å². The molecule has 2 nitrogen and oxygen atoms in total. The van der Waals surface area contributed by atoms with E-state index in [0.29, 0.717) is 0 Å². The molecule has 1 atom stereocenters. The average molecular weight is 250 g/mol. The van der Waals surface area contributed by atoms with Crippen LogP contribution >= 0.6 is 0 Å². The van der Waals surface area contributed by atoms with Crippen molar-refractivity contribution < 1.29 is 10.2 Å². The molecule has 2 aliphatic carbocycles. The molecule has 0 amide bonds. The van der Waals surface area contributed by atoms with Crippen LogP contribution < -0.4 is 0 Å². The molecule has 0 aromatic carbocycles. The zero-order chi connectivity index (χ0) is 13.1. The molecule has 2 fully saturated rings. The lowest BCUT2D eigenvalue weighted by atomic mass is 9.82. The SMILES string of the molecule is CCCC(C#CC1(O)CCCC1)C1(O)CCCC1. The first-order chi connectivity index (χ1) is 8.58. The van der Waals surface area contributed by atoms with Gasteiger partial charge < -0.3 is 10.2 Å². The zero-order valence-electron chi connectivity index (χ0n) is 11.5. The van der Waals surface area contributed by atoms with Crippen molar-refractivity contribution in [3.63, 3.8) is 0 Å². The van der Waals surface area contributed by atoms with Crippen molar-refractivity contribution in [1.82, 2.24) is 0 Å². The summed E-state index contributed by atoms with van der Waals surface area (Å²) in [7, 11) is 0. The summed E-state index contributed by atoms with van der Waals surface area (Å²) in [5.41, 5.74) is -1.35. The predicted molar refractivity (Wildman–Crippen MR) is 73.0 cm³/mol. The Morgan fingerprint density at radius 3 is 2.11 bits per heavy atom. The first-order valence-corrected chi connectivity index (χ1v) is 7.55. The van der Waals surface area contributed by atoms with Crippen molar-refractivity contribution in [3.8, 4) is 11.8 Å². The molecule has 0 aliphatic heterocycles. The van der Waals surface area contributed by atoms with E-state index in [1.807, 2.05) is 0 Å². The van der Waals surface area contributed by atoms with Crippen LogP contribution in [0, 0.1) is 17.8 Å². The number of rotatable bonds is 3. The summed E-state index contributed by atoms with van der Waals surface area (Å²) in [6, 6.07) is 0. The molecule has 0 bridgehead atoms. The van der Waals surface area contributed by atoms with Crippen molar-refractivity contribution in [2.45, 2.75) is 82.3 Å². The molecule has 0 aromatic heterocycles. The van der Waals surface area contributed by atoms with E-state index in [0.717, 1.165) is 64.2 Å². The number of aliphatic hydroxyl groups is 2. The summed E-state index contributed by atoms with van der Waals surface area (Å²) < 4.78 is 0. The lowest BCUT2D eigenvalue weighted by Gasteiger charge is -2.29. The van der Waals surface area contributed by atoms with E-state index < -0.39 is 11.2 Å². The minimum absolute atomic E-state index is 0.0506.